The highest BCUT2D eigenvalue weighted by Gasteiger charge is 2.13. The molecule has 0 aliphatic carbocycles. The first-order chi connectivity index (χ1) is 31.4. The van der Waals surface area contributed by atoms with Crippen LogP contribution in [0.25, 0.3) is 0 Å². The van der Waals surface area contributed by atoms with Gasteiger partial charge >= 0.3 is 0 Å². The van der Waals surface area contributed by atoms with E-state index in [2.05, 4.69) is 113 Å². The highest BCUT2D eigenvalue weighted by Crippen LogP contribution is 2.18. The number of unbranched alkanes of at least 4 members (excludes halogenated alkanes) is 17. The summed E-state index contributed by atoms with van der Waals surface area (Å²) in [6.45, 7) is 31.2. The van der Waals surface area contributed by atoms with Gasteiger partial charge in [0.25, 0.3) is 0 Å². The fourth-order valence-corrected chi connectivity index (χ4v) is 6.67. The van der Waals surface area contributed by atoms with Gasteiger partial charge in [-0.3, -0.25) is 4.68 Å². The molecule has 3 heterocycles. The molecule has 65 heavy (non-hydrogen) atoms. The Morgan fingerprint density at radius 3 is 1.18 bits per heavy atom. The van der Waals surface area contributed by atoms with E-state index in [4.69, 9.17) is 14.2 Å². The van der Waals surface area contributed by atoms with E-state index < -0.39 is 0 Å². The van der Waals surface area contributed by atoms with E-state index in [0.717, 1.165) is 48.7 Å². The van der Waals surface area contributed by atoms with Crippen LogP contribution in [0.1, 0.15) is 244 Å². The predicted octanol–water partition coefficient (Wildman–Crippen LogP) is 12.8. The lowest BCUT2D eigenvalue weighted by molar-refractivity contribution is 0.0189. The zero-order valence-corrected chi connectivity index (χ0v) is 43.7. The molecule has 0 aliphatic heterocycles. The number of aryl methyl sites for hydroxylation is 2. The van der Waals surface area contributed by atoms with Gasteiger partial charge in [0.15, 0.2) is 0 Å². The molecule has 0 aliphatic rings. The fraction of sp³-hybridized carbons (Fsp3) is 0.843. The molecule has 0 saturated carbocycles. The Bertz CT molecular complexity index is 1480. The maximum atomic E-state index is 5.52. The number of ether oxygens (including phenoxy) is 3. The molecule has 3 aromatic heterocycles. The summed E-state index contributed by atoms with van der Waals surface area (Å²) in [4.78, 5) is 26.6. The first-order valence-electron chi connectivity index (χ1n) is 26.0. The van der Waals surface area contributed by atoms with Crippen LogP contribution in [-0.2, 0) is 20.8 Å². The van der Waals surface area contributed by atoms with Crippen molar-refractivity contribution in [2.75, 3.05) is 63.4 Å². The van der Waals surface area contributed by atoms with E-state index in [1.54, 1.807) is 0 Å². The SMILES string of the molecule is CCCCCCCCCCCCCCCCCCCCn1cc(C)nn1.CCNc1nc(C(C)C)nc(C(C)C)n1.CCOCCOCCOCCNc1nc(C(C)C)nc(C(C)C)n1. The molecule has 3 aromatic rings. The van der Waals surface area contributed by atoms with Crippen molar-refractivity contribution in [1.29, 1.82) is 0 Å². The summed E-state index contributed by atoms with van der Waals surface area (Å²) in [5.74, 6) is 5.90. The lowest BCUT2D eigenvalue weighted by atomic mass is 10.0. The number of aromatic nitrogens is 9. The highest BCUT2D eigenvalue weighted by molar-refractivity contribution is 5.26. The molecule has 0 unspecified atom stereocenters. The van der Waals surface area contributed by atoms with E-state index in [1.807, 2.05) is 31.6 Å². The van der Waals surface area contributed by atoms with Gasteiger partial charge in [0, 0.05) is 56.1 Å². The van der Waals surface area contributed by atoms with Crippen LogP contribution in [0.4, 0.5) is 11.9 Å². The third-order valence-electron chi connectivity index (χ3n) is 10.6. The van der Waals surface area contributed by atoms with Gasteiger partial charge in [-0.1, -0.05) is 177 Å². The number of hydrogen-bond donors (Lipinski definition) is 2. The molecule has 14 nitrogen and oxygen atoms in total. The Labute approximate surface area is 397 Å². The number of rotatable bonds is 36. The zero-order valence-electron chi connectivity index (χ0n) is 43.7. The molecule has 0 atom stereocenters. The van der Waals surface area contributed by atoms with Crippen molar-refractivity contribution in [2.45, 2.75) is 229 Å². The number of nitrogens with one attached hydrogen (secondary N) is 2. The molecule has 0 spiro atoms. The van der Waals surface area contributed by atoms with Crippen LogP contribution in [-0.4, -0.2) is 97.6 Å². The molecular formula is C51H97N11O3. The number of hydrogen-bond acceptors (Lipinski definition) is 13. The summed E-state index contributed by atoms with van der Waals surface area (Å²) < 4.78 is 18.1. The van der Waals surface area contributed by atoms with Crippen LogP contribution in [0.2, 0.25) is 0 Å². The molecule has 0 amide bonds. The Balaban J connectivity index is 0.000000504. The predicted molar refractivity (Wildman–Crippen MR) is 270 cm³/mol. The minimum atomic E-state index is 0.274. The van der Waals surface area contributed by atoms with Crippen LogP contribution >= 0.6 is 0 Å². The van der Waals surface area contributed by atoms with Crippen LogP contribution in [0.15, 0.2) is 6.20 Å². The summed E-state index contributed by atoms with van der Waals surface area (Å²) in [5.41, 5.74) is 1.02. The van der Waals surface area contributed by atoms with Crippen molar-refractivity contribution in [1.82, 2.24) is 44.9 Å². The second kappa shape index (κ2) is 39.8. The van der Waals surface area contributed by atoms with Crippen LogP contribution in [0.5, 0.6) is 0 Å². The molecule has 374 valence electrons. The second-order valence-corrected chi connectivity index (χ2v) is 18.4. The fourth-order valence-electron chi connectivity index (χ4n) is 6.67. The van der Waals surface area contributed by atoms with E-state index in [-0.39, 0.29) is 11.8 Å². The standard InChI is InChI=1S/C23H45N3.C17H32N4O3.C11H20N4/c1-3-4-5-6-7-8-9-10-11-12-13-14-15-16-17-18-19-20-21-26-22-23(2)24-25-26;1-6-22-9-10-24-12-11-23-8-7-18-17-20-15(13(2)3)19-16(21-17)14(4)5;1-6-12-11-14-9(7(2)3)13-10(15-11)8(4)5/h22H,3-21H2,1-2H3;13-14H,6-12H2,1-5H3,(H,18,19,20,21);7-8H,6H2,1-5H3,(H,12,13,14,15). The molecule has 3 rings (SSSR count). The van der Waals surface area contributed by atoms with E-state index in [1.165, 1.54) is 116 Å². The zero-order chi connectivity index (χ0) is 47.9. The summed E-state index contributed by atoms with van der Waals surface area (Å²) in [6, 6.07) is 0. The molecule has 0 saturated heterocycles. The van der Waals surface area contributed by atoms with Gasteiger partial charge in [0.1, 0.15) is 23.3 Å². The van der Waals surface area contributed by atoms with Crippen molar-refractivity contribution >= 4 is 11.9 Å². The highest BCUT2D eigenvalue weighted by atomic mass is 16.5. The van der Waals surface area contributed by atoms with Crippen LogP contribution in [0, 0.1) is 6.92 Å². The quantitative estimate of drug-likeness (QED) is 0.0531. The van der Waals surface area contributed by atoms with Crippen LogP contribution < -0.4 is 10.6 Å². The smallest absolute Gasteiger partial charge is 0.226 e. The van der Waals surface area contributed by atoms with Crippen molar-refractivity contribution in [2.24, 2.45) is 0 Å². The maximum Gasteiger partial charge on any atom is 0.226 e. The first-order valence-corrected chi connectivity index (χ1v) is 26.0. The van der Waals surface area contributed by atoms with Gasteiger partial charge in [-0.2, -0.15) is 19.9 Å². The van der Waals surface area contributed by atoms with Crippen molar-refractivity contribution in [3.05, 3.63) is 35.2 Å². The Kier molecular flexibility index (Phi) is 36.5. The number of nitrogens with zero attached hydrogens (tertiary/aromatic N) is 9. The lowest BCUT2D eigenvalue weighted by Gasteiger charge is -2.12. The van der Waals surface area contributed by atoms with Gasteiger partial charge in [-0.25, -0.2) is 9.97 Å². The van der Waals surface area contributed by atoms with Gasteiger partial charge in [0.2, 0.25) is 11.9 Å². The summed E-state index contributed by atoms with van der Waals surface area (Å²) >= 11 is 0. The van der Waals surface area contributed by atoms with E-state index in [0.29, 0.717) is 63.3 Å². The molecule has 0 fully saturated rings. The average molecular weight is 912 g/mol. The number of anilines is 2. The third kappa shape index (κ3) is 32.1. The molecule has 14 heteroatoms. The average Bonchev–Trinajstić information content (AvgIpc) is 3.71. The monoisotopic (exact) mass is 912 g/mol. The van der Waals surface area contributed by atoms with Gasteiger partial charge in [0.05, 0.1) is 38.7 Å². The molecule has 0 radical (unpaired) electrons. The Morgan fingerprint density at radius 2 is 0.831 bits per heavy atom. The largest absolute Gasteiger partial charge is 0.379 e. The molecule has 0 aromatic carbocycles. The van der Waals surface area contributed by atoms with Gasteiger partial charge in [-0.15, -0.1) is 5.10 Å². The summed E-state index contributed by atoms with van der Waals surface area (Å²) in [7, 11) is 0. The summed E-state index contributed by atoms with van der Waals surface area (Å²) in [5, 5.41) is 14.5. The Morgan fingerprint density at radius 1 is 0.462 bits per heavy atom. The topological polar surface area (TPSA) is 160 Å². The third-order valence-corrected chi connectivity index (χ3v) is 10.6. The Hall–Kier alpha value is -3.36. The first kappa shape index (κ1) is 59.7. The second-order valence-electron chi connectivity index (χ2n) is 18.4. The van der Waals surface area contributed by atoms with E-state index >= 15 is 0 Å². The van der Waals surface area contributed by atoms with Gasteiger partial charge in [-0.05, 0) is 27.2 Å². The maximum absolute atomic E-state index is 5.52. The summed E-state index contributed by atoms with van der Waals surface area (Å²) in [6.07, 6.45) is 27.7. The molecular weight excluding hydrogens is 815 g/mol. The minimum absolute atomic E-state index is 0.274. The van der Waals surface area contributed by atoms with Crippen LogP contribution in [0.3, 0.4) is 0 Å². The molecule has 0 bridgehead atoms. The lowest BCUT2D eigenvalue weighted by Crippen LogP contribution is -2.17. The minimum Gasteiger partial charge on any atom is -0.379 e. The molecule has 2 N–H and O–H groups in total. The van der Waals surface area contributed by atoms with E-state index in [9.17, 15) is 0 Å². The van der Waals surface area contributed by atoms with Crippen molar-refractivity contribution in [3.8, 4) is 0 Å². The van der Waals surface area contributed by atoms with Crippen molar-refractivity contribution in [3.63, 3.8) is 0 Å². The van der Waals surface area contributed by atoms with Crippen molar-refractivity contribution < 1.29 is 14.2 Å². The van der Waals surface area contributed by atoms with Gasteiger partial charge < -0.3 is 24.8 Å². The normalized spacial score (nSPS) is 11.3.